The number of rotatable bonds is 4. The highest BCUT2D eigenvalue weighted by atomic mass is 19.1. The number of aromatic nitrogens is 1. The molecule has 122 valence electrons. The molecule has 3 rings (SSSR count). The molecule has 0 radical (unpaired) electrons. The lowest BCUT2D eigenvalue weighted by Crippen LogP contribution is -2.31. The van der Waals surface area contributed by atoms with Crippen molar-refractivity contribution in [2.45, 2.75) is 20.0 Å². The average molecular weight is 324 g/mol. The lowest BCUT2D eigenvalue weighted by molar-refractivity contribution is 0.0940. The van der Waals surface area contributed by atoms with Crippen LogP contribution in [0, 0.1) is 5.82 Å². The summed E-state index contributed by atoms with van der Waals surface area (Å²) in [7, 11) is 0. The van der Waals surface area contributed by atoms with Crippen LogP contribution in [-0.2, 0) is 13.1 Å². The fourth-order valence-electron chi connectivity index (χ4n) is 2.69. The van der Waals surface area contributed by atoms with E-state index in [2.05, 4.69) is 5.32 Å². The number of nitrogens with one attached hydrogen (secondary N) is 1. The number of benzene rings is 2. The number of pyridine rings is 1. The minimum atomic E-state index is -0.469. The van der Waals surface area contributed by atoms with Crippen LogP contribution in [0.3, 0.4) is 0 Å². The SMILES string of the molecule is CCn1c(C(=O)NCc2ccccc2)cc2ccc(F)cc2c1=O. The molecule has 0 aliphatic rings. The van der Waals surface area contributed by atoms with Crippen LogP contribution in [0.2, 0.25) is 0 Å². The van der Waals surface area contributed by atoms with Crippen molar-refractivity contribution in [3.8, 4) is 0 Å². The Morgan fingerprint density at radius 2 is 1.88 bits per heavy atom. The van der Waals surface area contributed by atoms with E-state index in [1.54, 1.807) is 13.0 Å². The molecule has 5 heteroatoms. The van der Waals surface area contributed by atoms with Crippen LogP contribution in [0.5, 0.6) is 0 Å². The highest BCUT2D eigenvalue weighted by molar-refractivity contribution is 5.96. The topological polar surface area (TPSA) is 51.1 Å². The van der Waals surface area contributed by atoms with Crippen molar-refractivity contribution in [1.29, 1.82) is 0 Å². The predicted octanol–water partition coefficient (Wildman–Crippen LogP) is 3.09. The van der Waals surface area contributed by atoms with Gasteiger partial charge in [0.25, 0.3) is 11.5 Å². The van der Waals surface area contributed by atoms with E-state index in [0.29, 0.717) is 18.5 Å². The van der Waals surface area contributed by atoms with Crippen LogP contribution in [0.25, 0.3) is 10.8 Å². The smallest absolute Gasteiger partial charge is 0.268 e. The van der Waals surface area contributed by atoms with Gasteiger partial charge >= 0.3 is 0 Å². The minimum Gasteiger partial charge on any atom is -0.347 e. The second-order valence-electron chi connectivity index (χ2n) is 5.48. The first-order valence-electron chi connectivity index (χ1n) is 7.75. The Morgan fingerprint density at radius 1 is 1.12 bits per heavy atom. The van der Waals surface area contributed by atoms with Gasteiger partial charge < -0.3 is 9.88 Å². The quantitative estimate of drug-likeness (QED) is 0.802. The third kappa shape index (κ3) is 3.06. The molecule has 4 nitrogen and oxygen atoms in total. The van der Waals surface area contributed by atoms with Gasteiger partial charge in [0.15, 0.2) is 0 Å². The highest BCUT2D eigenvalue weighted by Gasteiger charge is 2.15. The van der Waals surface area contributed by atoms with Gasteiger partial charge in [-0.2, -0.15) is 0 Å². The van der Waals surface area contributed by atoms with Gasteiger partial charge in [0.1, 0.15) is 11.5 Å². The molecule has 0 aliphatic carbocycles. The summed E-state index contributed by atoms with van der Waals surface area (Å²) in [6.07, 6.45) is 0. The molecule has 0 saturated heterocycles. The van der Waals surface area contributed by atoms with E-state index in [9.17, 15) is 14.0 Å². The molecular formula is C19H17FN2O2. The monoisotopic (exact) mass is 324 g/mol. The maximum Gasteiger partial charge on any atom is 0.268 e. The molecule has 0 unspecified atom stereocenters. The largest absolute Gasteiger partial charge is 0.347 e. The van der Waals surface area contributed by atoms with Crippen molar-refractivity contribution in [3.63, 3.8) is 0 Å². The summed E-state index contributed by atoms with van der Waals surface area (Å²) in [5.74, 6) is -0.799. The molecule has 2 aromatic carbocycles. The first-order valence-corrected chi connectivity index (χ1v) is 7.75. The summed E-state index contributed by atoms with van der Waals surface area (Å²) in [5.41, 5.74) is 0.885. The van der Waals surface area contributed by atoms with E-state index >= 15 is 0 Å². The zero-order chi connectivity index (χ0) is 17.1. The summed E-state index contributed by atoms with van der Waals surface area (Å²) >= 11 is 0. The number of fused-ring (bicyclic) bond motifs is 1. The van der Waals surface area contributed by atoms with Gasteiger partial charge in [-0.05, 0) is 36.1 Å². The number of hydrogen-bond acceptors (Lipinski definition) is 2. The van der Waals surface area contributed by atoms with Crippen molar-refractivity contribution in [2.24, 2.45) is 0 Å². The molecule has 0 spiro atoms. The molecule has 0 saturated carbocycles. The Hall–Kier alpha value is -2.95. The van der Waals surface area contributed by atoms with E-state index < -0.39 is 5.82 Å². The fraction of sp³-hybridized carbons (Fsp3) is 0.158. The van der Waals surface area contributed by atoms with Gasteiger partial charge in [0.05, 0.1) is 5.39 Å². The van der Waals surface area contributed by atoms with Crippen LogP contribution in [0.4, 0.5) is 4.39 Å². The Balaban J connectivity index is 1.97. The normalized spacial score (nSPS) is 10.8. The van der Waals surface area contributed by atoms with Gasteiger partial charge in [-0.15, -0.1) is 0 Å². The molecule has 1 aromatic heterocycles. The lowest BCUT2D eigenvalue weighted by Gasteiger charge is -2.13. The Kier molecular flexibility index (Phi) is 4.42. The molecule has 0 bridgehead atoms. The van der Waals surface area contributed by atoms with Crippen LogP contribution >= 0.6 is 0 Å². The van der Waals surface area contributed by atoms with Crippen LogP contribution in [0.1, 0.15) is 23.0 Å². The minimum absolute atomic E-state index is 0.274. The van der Waals surface area contributed by atoms with Crippen molar-refractivity contribution < 1.29 is 9.18 Å². The highest BCUT2D eigenvalue weighted by Crippen LogP contribution is 2.14. The molecule has 1 amide bonds. The second kappa shape index (κ2) is 6.66. The zero-order valence-electron chi connectivity index (χ0n) is 13.3. The number of amides is 1. The number of carbonyl (C=O) groups is 1. The number of carbonyl (C=O) groups excluding carboxylic acids is 1. The summed E-state index contributed by atoms with van der Waals surface area (Å²) in [5, 5.41) is 3.65. The molecule has 24 heavy (non-hydrogen) atoms. The maximum absolute atomic E-state index is 13.4. The first kappa shape index (κ1) is 15.9. The molecule has 0 atom stereocenters. The van der Waals surface area contributed by atoms with Gasteiger partial charge in [0.2, 0.25) is 0 Å². The average Bonchev–Trinajstić information content (AvgIpc) is 2.61. The first-order chi connectivity index (χ1) is 11.6. The second-order valence-corrected chi connectivity index (χ2v) is 5.48. The number of hydrogen-bond donors (Lipinski definition) is 1. The van der Waals surface area contributed by atoms with E-state index in [4.69, 9.17) is 0 Å². The Labute approximate surface area is 138 Å². The maximum atomic E-state index is 13.4. The summed E-state index contributed by atoms with van der Waals surface area (Å²) < 4.78 is 14.8. The van der Waals surface area contributed by atoms with Crippen molar-refractivity contribution in [3.05, 3.63) is 82.0 Å². The third-order valence-electron chi connectivity index (χ3n) is 3.92. The summed E-state index contributed by atoms with van der Waals surface area (Å²) in [6.45, 7) is 2.49. The Morgan fingerprint density at radius 3 is 2.58 bits per heavy atom. The zero-order valence-corrected chi connectivity index (χ0v) is 13.3. The summed E-state index contributed by atoms with van der Waals surface area (Å²) in [6, 6.07) is 15.1. The van der Waals surface area contributed by atoms with E-state index in [1.165, 1.54) is 22.8 Å². The molecule has 3 aromatic rings. The molecule has 0 aliphatic heterocycles. The standard InChI is InChI=1S/C19H17FN2O2/c1-2-22-17(18(23)21-12-13-6-4-3-5-7-13)10-14-8-9-15(20)11-16(14)19(22)24/h3-11H,2,12H2,1H3,(H,21,23). The van der Waals surface area contributed by atoms with Gasteiger partial charge in [-0.1, -0.05) is 36.4 Å². The van der Waals surface area contributed by atoms with Gasteiger partial charge in [-0.3, -0.25) is 9.59 Å². The van der Waals surface area contributed by atoms with E-state index in [0.717, 1.165) is 5.56 Å². The van der Waals surface area contributed by atoms with Crippen molar-refractivity contribution in [2.75, 3.05) is 0 Å². The molecule has 1 N–H and O–H groups in total. The Bertz CT molecular complexity index is 949. The van der Waals surface area contributed by atoms with Crippen LogP contribution in [-0.4, -0.2) is 10.5 Å². The van der Waals surface area contributed by atoms with Gasteiger partial charge in [0, 0.05) is 13.1 Å². The molecule has 0 fully saturated rings. The third-order valence-corrected chi connectivity index (χ3v) is 3.92. The van der Waals surface area contributed by atoms with Crippen molar-refractivity contribution in [1.82, 2.24) is 9.88 Å². The number of nitrogens with zero attached hydrogens (tertiary/aromatic N) is 1. The van der Waals surface area contributed by atoms with Gasteiger partial charge in [-0.25, -0.2) is 4.39 Å². The van der Waals surface area contributed by atoms with Crippen molar-refractivity contribution >= 4 is 16.7 Å². The number of halogens is 1. The predicted molar refractivity (Wildman–Crippen MR) is 91.5 cm³/mol. The fourth-order valence-corrected chi connectivity index (χ4v) is 2.69. The van der Waals surface area contributed by atoms with E-state index in [-0.39, 0.29) is 22.5 Å². The molecule has 1 heterocycles. The van der Waals surface area contributed by atoms with Crippen LogP contribution < -0.4 is 10.9 Å². The van der Waals surface area contributed by atoms with Crippen LogP contribution in [0.15, 0.2) is 59.4 Å². The summed E-state index contributed by atoms with van der Waals surface area (Å²) in [4.78, 5) is 25.0. The molecular weight excluding hydrogens is 307 g/mol. The van der Waals surface area contributed by atoms with E-state index in [1.807, 2.05) is 30.3 Å². The lowest BCUT2D eigenvalue weighted by atomic mass is 10.1.